The zero-order chi connectivity index (χ0) is 22.7. The van der Waals surface area contributed by atoms with Crippen LogP contribution in [0.1, 0.15) is 36.7 Å². The molecule has 32 heavy (non-hydrogen) atoms. The van der Waals surface area contributed by atoms with E-state index in [1.807, 2.05) is 12.1 Å². The molecule has 4 rings (SSSR count). The number of nitrogens with zero attached hydrogens (tertiary/aromatic N) is 6. The molecule has 0 radical (unpaired) electrons. The number of carbonyl (C=O) groups excluding carboxylic acids is 2. The highest BCUT2D eigenvalue weighted by Gasteiger charge is 2.17. The van der Waals surface area contributed by atoms with Crippen LogP contribution in [0.4, 0.5) is 10.7 Å². The van der Waals surface area contributed by atoms with Gasteiger partial charge in [-0.25, -0.2) is 18.8 Å². The molecule has 0 unspecified atom stereocenters. The lowest BCUT2D eigenvalue weighted by molar-refractivity contribution is 0.0528. The number of rotatable bonds is 6. The van der Waals surface area contributed by atoms with Crippen LogP contribution < -0.4 is 16.2 Å². The number of amides is 2. The van der Waals surface area contributed by atoms with E-state index in [0.29, 0.717) is 29.8 Å². The van der Waals surface area contributed by atoms with Crippen LogP contribution in [-0.2, 0) is 11.2 Å². The number of fused-ring (bicyclic) bond motifs is 2. The molecule has 0 fully saturated rings. The lowest BCUT2D eigenvalue weighted by atomic mass is 10.2. The summed E-state index contributed by atoms with van der Waals surface area (Å²) in [5, 5.41) is 11.1. The van der Waals surface area contributed by atoms with Crippen LogP contribution in [0.5, 0.6) is 0 Å². The molecule has 4 heterocycles. The highest BCUT2D eigenvalue weighted by Crippen LogP contribution is 2.10. The number of hydrogen-bond acceptors (Lipinski definition) is 8. The highest BCUT2D eigenvalue weighted by atomic mass is 16.6. The van der Waals surface area contributed by atoms with Gasteiger partial charge in [-0.15, -0.1) is 5.10 Å². The van der Waals surface area contributed by atoms with Crippen LogP contribution >= 0.6 is 0 Å². The Morgan fingerprint density at radius 2 is 2.00 bits per heavy atom. The fraction of sp³-hybridized carbons (Fsp3) is 0.300. The molecule has 0 aromatic carbocycles. The Balaban J connectivity index is 1.35. The van der Waals surface area contributed by atoms with Crippen molar-refractivity contribution in [1.29, 1.82) is 0 Å². The monoisotopic (exact) mass is 437 g/mol. The standard InChI is InChI=1S/C20H23N9O3/c1-20(2,3)32-19(31)21-8-7-13-10-22-16-14(11-23-29(16)12-13)17(30)25-26-18-24-15-6-4-5-9-28(15)27-18/h4-6,9-12H,7-8H2,1-3H3,(H,21,31)(H,25,30)(H,26,27). The van der Waals surface area contributed by atoms with Crippen LogP contribution in [0.3, 0.4) is 0 Å². The summed E-state index contributed by atoms with van der Waals surface area (Å²) in [4.78, 5) is 32.9. The first-order chi connectivity index (χ1) is 15.3. The van der Waals surface area contributed by atoms with Crippen molar-refractivity contribution in [3.8, 4) is 0 Å². The van der Waals surface area contributed by atoms with Gasteiger partial charge in [0.15, 0.2) is 11.3 Å². The zero-order valence-electron chi connectivity index (χ0n) is 17.9. The molecule has 2 amide bonds. The maximum Gasteiger partial charge on any atom is 0.407 e. The van der Waals surface area contributed by atoms with Gasteiger partial charge in [0, 0.05) is 25.1 Å². The molecule has 0 saturated heterocycles. The maximum absolute atomic E-state index is 12.6. The molecule has 166 valence electrons. The summed E-state index contributed by atoms with van der Waals surface area (Å²) in [6.07, 6.45) is 6.64. The van der Waals surface area contributed by atoms with Crippen molar-refractivity contribution in [2.24, 2.45) is 0 Å². The first kappa shape index (κ1) is 21.0. The largest absolute Gasteiger partial charge is 0.444 e. The number of nitrogens with one attached hydrogen (secondary N) is 3. The fourth-order valence-electron chi connectivity index (χ4n) is 2.89. The Morgan fingerprint density at radius 3 is 2.78 bits per heavy atom. The number of carbonyl (C=O) groups is 2. The first-order valence-electron chi connectivity index (χ1n) is 9.95. The minimum absolute atomic E-state index is 0.258. The number of pyridine rings is 1. The van der Waals surface area contributed by atoms with E-state index in [9.17, 15) is 9.59 Å². The van der Waals surface area contributed by atoms with Gasteiger partial charge in [0.2, 0.25) is 0 Å². The lowest BCUT2D eigenvalue weighted by Crippen LogP contribution is -2.33. The van der Waals surface area contributed by atoms with Crippen LogP contribution in [0.25, 0.3) is 11.3 Å². The molecule has 0 atom stereocenters. The Hall–Kier alpha value is -4.22. The SMILES string of the molecule is CC(C)(C)OC(=O)NCCc1cnc2c(C(=O)NNc3nc4ccccn4n3)cnn2c1. The summed E-state index contributed by atoms with van der Waals surface area (Å²) < 4.78 is 8.31. The second-order valence-corrected chi connectivity index (χ2v) is 7.99. The van der Waals surface area contributed by atoms with Gasteiger partial charge in [-0.3, -0.25) is 15.6 Å². The van der Waals surface area contributed by atoms with E-state index in [2.05, 4.69) is 36.3 Å². The summed E-state index contributed by atoms with van der Waals surface area (Å²) in [6, 6.07) is 5.48. The van der Waals surface area contributed by atoms with Crippen molar-refractivity contribution in [1.82, 2.24) is 39.9 Å². The van der Waals surface area contributed by atoms with Gasteiger partial charge in [0.05, 0.1) is 6.20 Å². The fourth-order valence-corrected chi connectivity index (χ4v) is 2.89. The molecule has 4 aromatic heterocycles. The molecule has 12 nitrogen and oxygen atoms in total. The van der Waals surface area contributed by atoms with Crippen LogP contribution in [0, 0.1) is 0 Å². The van der Waals surface area contributed by atoms with Crippen molar-refractivity contribution >= 4 is 29.2 Å². The summed E-state index contributed by atoms with van der Waals surface area (Å²) >= 11 is 0. The normalized spacial score (nSPS) is 11.5. The number of anilines is 1. The Bertz CT molecular complexity index is 1240. The third-order valence-corrected chi connectivity index (χ3v) is 4.27. The zero-order valence-corrected chi connectivity index (χ0v) is 17.9. The quantitative estimate of drug-likeness (QED) is 0.387. The lowest BCUT2D eigenvalue weighted by Gasteiger charge is -2.19. The predicted octanol–water partition coefficient (Wildman–Crippen LogP) is 1.60. The summed E-state index contributed by atoms with van der Waals surface area (Å²) in [5.41, 5.74) is 6.88. The topological polar surface area (TPSA) is 140 Å². The number of aromatic nitrogens is 6. The Morgan fingerprint density at radius 1 is 1.16 bits per heavy atom. The van der Waals surface area contributed by atoms with Crippen molar-refractivity contribution in [2.75, 3.05) is 12.0 Å². The van der Waals surface area contributed by atoms with Crippen molar-refractivity contribution in [3.63, 3.8) is 0 Å². The summed E-state index contributed by atoms with van der Waals surface area (Å²) in [6.45, 7) is 5.80. The Labute approximate surface area is 183 Å². The molecular weight excluding hydrogens is 414 g/mol. The van der Waals surface area contributed by atoms with Crippen LogP contribution in [0.15, 0.2) is 43.0 Å². The van der Waals surface area contributed by atoms with Gasteiger partial charge < -0.3 is 10.1 Å². The average Bonchev–Trinajstić information content (AvgIpc) is 3.34. The van der Waals surface area contributed by atoms with Crippen LogP contribution in [0.2, 0.25) is 0 Å². The summed E-state index contributed by atoms with van der Waals surface area (Å²) in [5.74, 6) is -0.167. The molecule has 0 aliphatic rings. The molecule has 0 spiro atoms. The van der Waals surface area contributed by atoms with E-state index in [4.69, 9.17) is 4.74 Å². The third-order valence-electron chi connectivity index (χ3n) is 4.27. The van der Waals surface area contributed by atoms with Crippen molar-refractivity contribution in [2.45, 2.75) is 32.8 Å². The number of alkyl carbamates (subject to hydrolysis) is 1. The third kappa shape index (κ3) is 4.91. The number of ether oxygens (including phenoxy) is 1. The van der Waals surface area contributed by atoms with E-state index in [-0.39, 0.29) is 5.95 Å². The minimum Gasteiger partial charge on any atom is -0.444 e. The average molecular weight is 437 g/mol. The molecule has 0 aliphatic carbocycles. The Kier molecular flexibility index (Phi) is 5.58. The highest BCUT2D eigenvalue weighted by molar-refractivity contribution is 6.00. The molecule has 4 aromatic rings. The molecular formula is C20H23N9O3. The minimum atomic E-state index is -0.549. The first-order valence-corrected chi connectivity index (χ1v) is 9.95. The van der Waals surface area contributed by atoms with E-state index < -0.39 is 17.6 Å². The molecule has 0 bridgehead atoms. The van der Waals surface area contributed by atoms with E-state index in [1.54, 1.807) is 49.9 Å². The number of hydrazine groups is 1. The van der Waals surface area contributed by atoms with Gasteiger partial charge in [0.1, 0.15) is 11.2 Å². The van der Waals surface area contributed by atoms with E-state index >= 15 is 0 Å². The second-order valence-electron chi connectivity index (χ2n) is 7.99. The maximum atomic E-state index is 12.6. The summed E-state index contributed by atoms with van der Waals surface area (Å²) in [7, 11) is 0. The predicted molar refractivity (Wildman–Crippen MR) is 115 cm³/mol. The van der Waals surface area contributed by atoms with Gasteiger partial charge in [-0.05, 0) is 44.9 Å². The molecule has 0 aliphatic heterocycles. The van der Waals surface area contributed by atoms with Crippen molar-refractivity contribution in [3.05, 3.63) is 54.1 Å². The van der Waals surface area contributed by atoms with Gasteiger partial charge in [-0.2, -0.15) is 10.1 Å². The number of hydrogen-bond donors (Lipinski definition) is 3. The molecule has 3 N–H and O–H groups in total. The molecule has 0 saturated carbocycles. The smallest absolute Gasteiger partial charge is 0.407 e. The van der Waals surface area contributed by atoms with E-state index in [0.717, 1.165) is 5.56 Å². The second kappa shape index (κ2) is 8.49. The van der Waals surface area contributed by atoms with Gasteiger partial charge in [-0.1, -0.05) is 6.07 Å². The van der Waals surface area contributed by atoms with Gasteiger partial charge >= 0.3 is 6.09 Å². The van der Waals surface area contributed by atoms with E-state index in [1.165, 1.54) is 10.7 Å². The molecule has 12 heteroatoms. The van der Waals surface area contributed by atoms with Gasteiger partial charge in [0.25, 0.3) is 11.9 Å². The van der Waals surface area contributed by atoms with Crippen molar-refractivity contribution < 1.29 is 14.3 Å². The van der Waals surface area contributed by atoms with Crippen LogP contribution in [-0.4, -0.2) is 53.3 Å².